The minimum atomic E-state index is -3.67. The van der Waals surface area contributed by atoms with Crippen LogP contribution in [0.25, 0.3) is 0 Å². The molecule has 27 heavy (non-hydrogen) atoms. The summed E-state index contributed by atoms with van der Waals surface area (Å²) in [6, 6.07) is 4.84. The molecule has 11 heteroatoms. The molecule has 0 fully saturated rings. The van der Waals surface area contributed by atoms with E-state index >= 15 is 0 Å². The van der Waals surface area contributed by atoms with Crippen LogP contribution in [0.4, 0.5) is 10.8 Å². The van der Waals surface area contributed by atoms with E-state index in [1.54, 1.807) is 23.9 Å². The van der Waals surface area contributed by atoms with Crippen molar-refractivity contribution >= 4 is 61.4 Å². The summed E-state index contributed by atoms with van der Waals surface area (Å²) in [6.07, 6.45) is 1.04. The van der Waals surface area contributed by atoms with Gasteiger partial charge >= 0.3 is 0 Å². The molecule has 0 aliphatic carbocycles. The monoisotopic (exact) mass is 448 g/mol. The summed E-state index contributed by atoms with van der Waals surface area (Å²) >= 11 is 8.91. The van der Waals surface area contributed by atoms with Crippen LogP contribution in [0.1, 0.15) is 19.4 Å². The number of benzene rings is 1. The molecule has 0 aliphatic heterocycles. The second-order valence-corrected chi connectivity index (χ2v) is 10.9. The first-order valence-corrected chi connectivity index (χ1v) is 12.1. The lowest BCUT2D eigenvalue weighted by atomic mass is 10.2. The zero-order valence-electron chi connectivity index (χ0n) is 15.4. The SMILES string of the molecule is Cc1ccc(N(CC(=O)Nc2nnc(SCC(C)C)s2)S(C)(=O)=O)cc1Cl. The number of carbonyl (C=O) groups excluding carboxylic acids is 1. The second kappa shape index (κ2) is 9.22. The van der Waals surface area contributed by atoms with Gasteiger partial charge < -0.3 is 0 Å². The third kappa shape index (κ3) is 6.63. The Hall–Kier alpha value is -1.36. The number of thioether (sulfide) groups is 1. The average molecular weight is 449 g/mol. The smallest absolute Gasteiger partial charge is 0.246 e. The Labute approximate surface area is 172 Å². The van der Waals surface area contributed by atoms with Crippen molar-refractivity contribution in [3.8, 4) is 0 Å². The van der Waals surface area contributed by atoms with Gasteiger partial charge in [-0.05, 0) is 30.5 Å². The van der Waals surface area contributed by atoms with Crippen molar-refractivity contribution in [1.82, 2.24) is 10.2 Å². The van der Waals surface area contributed by atoms with E-state index in [2.05, 4.69) is 29.4 Å². The van der Waals surface area contributed by atoms with Crippen LogP contribution in [-0.2, 0) is 14.8 Å². The topological polar surface area (TPSA) is 92.3 Å². The van der Waals surface area contributed by atoms with Crippen LogP contribution >= 0.6 is 34.7 Å². The largest absolute Gasteiger partial charge is 0.299 e. The van der Waals surface area contributed by atoms with E-state index in [-0.39, 0.29) is 6.54 Å². The van der Waals surface area contributed by atoms with Gasteiger partial charge in [0, 0.05) is 10.8 Å². The van der Waals surface area contributed by atoms with Crippen LogP contribution in [0.5, 0.6) is 0 Å². The van der Waals surface area contributed by atoms with Gasteiger partial charge in [-0.1, -0.05) is 54.6 Å². The van der Waals surface area contributed by atoms with Gasteiger partial charge in [0.2, 0.25) is 21.1 Å². The fourth-order valence-corrected chi connectivity index (χ4v) is 4.75. The molecule has 1 aromatic heterocycles. The van der Waals surface area contributed by atoms with Crippen molar-refractivity contribution in [1.29, 1.82) is 0 Å². The average Bonchev–Trinajstić information content (AvgIpc) is 3.00. The Morgan fingerprint density at radius 2 is 2.07 bits per heavy atom. The van der Waals surface area contributed by atoms with Crippen molar-refractivity contribution in [3.63, 3.8) is 0 Å². The number of anilines is 2. The van der Waals surface area contributed by atoms with Crippen LogP contribution in [0.15, 0.2) is 22.5 Å². The first-order valence-electron chi connectivity index (χ1n) is 8.06. The molecule has 1 heterocycles. The predicted octanol–water partition coefficient (Wildman–Crippen LogP) is 3.65. The van der Waals surface area contributed by atoms with Crippen molar-refractivity contribution in [2.45, 2.75) is 25.1 Å². The number of sulfonamides is 1. The first kappa shape index (κ1) is 21.9. The van der Waals surface area contributed by atoms with Crippen molar-refractivity contribution in [3.05, 3.63) is 28.8 Å². The number of hydrogen-bond donors (Lipinski definition) is 1. The minimum absolute atomic E-state index is 0.327. The fourth-order valence-electron chi connectivity index (χ4n) is 1.98. The maximum atomic E-state index is 12.4. The summed E-state index contributed by atoms with van der Waals surface area (Å²) in [6.45, 7) is 5.64. The van der Waals surface area contributed by atoms with E-state index in [9.17, 15) is 13.2 Å². The highest BCUT2D eigenvalue weighted by molar-refractivity contribution is 8.01. The summed E-state index contributed by atoms with van der Waals surface area (Å²) in [5.41, 5.74) is 1.15. The van der Waals surface area contributed by atoms with Gasteiger partial charge in [0.05, 0.1) is 11.9 Å². The molecule has 0 saturated heterocycles. The lowest BCUT2D eigenvalue weighted by Crippen LogP contribution is -2.37. The lowest BCUT2D eigenvalue weighted by Gasteiger charge is -2.22. The first-order chi connectivity index (χ1) is 12.6. The van der Waals surface area contributed by atoms with Crippen molar-refractivity contribution in [2.24, 2.45) is 5.92 Å². The lowest BCUT2D eigenvalue weighted by molar-refractivity contribution is -0.114. The van der Waals surface area contributed by atoms with Gasteiger partial charge in [0.15, 0.2) is 4.34 Å². The number of nitrogens with one attached hydrogen (secondary N) is 1. The van der Waals surface area contributed by atoms with Gasteiger partial charge in [-0.15, -0.1) is 10.2 Å². The van der Waals surface area contributed by atoms with Crippen LogP contribution in [0.3, 0.4) is 0 Å². The molecule has 0 atom stereocenters. The molecule has 0 saturated carbocycles. The molecule has 0 aliphatic rings. The van der Waals surface area contributed by atoms with Crippen LogP contribution in [0.2, 0.25) is 5.02 Å². The molecule has 148 valence electrons. The highest BCUT2D eigenvalue weighted by atomic mass is 35.5. The molecular weight excluding hydrogens is 428 g/mol. The van der Waals surface area contributed by atoms with Crippen LogP contribution < -0.4 is 9.62 Å². The molecule has 0 bridgehead atoms. The van der Waals surface area contributed by atoms with Gasteiger partial charge in [-0.25, -0.2) is 8.42 Å². The van der Waals surface area contributed by atoms with Gasteiger partial charge in [-0.2, -0.15) is 0 Å². The number of aryl methyl sites for hydroxylation is 1. The number of amides is 1. The number of nitrogens with zero attached hydrogens (tertiary/aromatic N) is 3. The molecule has 0 unspecified atom stereocenters. The van der Waals surface area contributed by atoms with Gasteiger partial charge in [0.1, 0.15) is 6.54 Å². The quantitative estimate of drug-likeness (QED) is 0.489. The molecular formula is C16H21ClN4O3S3. The maximum Gasteiger partial charge on any atom is 0.246 e. The molecule has 2 aromatic rings. The highest BCUT2D eigenvalue weighted by Gasteiger charge is 2.22. The number of rotatable bonds is 8. The van der Waals surface area contributed by atoms with E-state index < -0.39 is 15.9 Å². The maximum absolute atomic E-state index is 12.4. The van der Waals surface area contributed by atoms with Gasteiger partial charge in [-0.3, -0.25) is 14.4 Å². The van der Waals surface area contributed by atoms with Crippen molar-refractivity contribution in [2.75, 3.05) is 28.2 Å². The molecule has 7 nitrogen and oxygen atoms in total. The number of hydrogen-bond acceptors (Lipinski definition) is 7. The molecule has 2 rings (SSSR count). The third-order valence-electron chi connectivity index (χ3n) is 3.32. The summed E-state index contributed by atoms with van der Waals surface area (Å²) in [5.74, 6) is 0.911. The fraction of sp³-hybridized carbons (Fsp3) is 0.438. The summed E-state index contributed by atoms with van der Waals surface area (Å²) in [5, 5.41) is 11.3. The van der Waals surface area contributed by atoms with E-state index in [1.165, 1.54) is 17.4 Å². The highest BCUT2D eigenvalue weighted by Crippen LogP contribution is 2.27. The van der Waals surface area contributed by atoms with Crippen LogP contribution in [0, 0.1) is 12.8 Å². The number of halogens is 1. The Morgan fingerprint density at radius 1 is 1.37 bits per heavy atom. The van der Waals surface area contributed by atoms with Gasteiger partial charge in [0.25, 0.3) is 0 Å². The molecule has 1 N–H and O–H groups in total. The third-order valence-corrected chi connectivity index (χ3v) is 7.27. The number of carbonyl (C=O) groups is 1. The molecule has 1 aromatic carbocycles. The Kier molecular flexibility index (Phi) is 7.49. The standard InChI is InChI=1S/C16H21ClN4O3S3/c1-10(2)9-25-16-20-19-15(26-16)18-14(22)8-21(27(4,23)24)12-6-5-11(3)13(17)7-12/h5-7,10H,8-9H2,1-4H3,(H,18,19,22). The van der Waals surface area contributed by atoms with E-state index in [4.69, 9.17) is 11.6 Å². The Bertz CT molecular complexity index is 915. The molecule has 1 amide bonds. The molecule has 0 spiro atoms. The zero-order chi connectivity index (χ0) is 20.2. The Morgan fingerprint density at radius 3 is 2.67 bits per heavy atom. The van der Waals surface area contributed by atoms with E-state index in [0.717, 1.165) is 26.2 Å². The van der Waals surface area contributed by atoms with Crippen molar-refractivity contribution < 1.29 is 13.2 Å². The van der Waals surface area contributed by atoms with E-state index in [1.807, 2.05) is 6.92 Å². The summed E-state index contributed by atoms with van der Waals surface area (Å²) < 4.78 is 26.0. The normalized spacial score (nSPS) is 11.6. The summed E-state index contributed by atoms with van der Waals surface area (Å²) in [4.78, 5) is 12.4. The second-order valence-electron chi connectivity index (χ2n) is 6.33. The molecule has 0 radical (unpaired) electrons. The van der Waals surface area contributed by atoms with Crippen LogP contribution in [-0.4, -0.2) is 43.1 Å². The zero-order valence-corrected chi connectivity index (χ0v) is 18.6. The van der Waals surface area contributed by atoms with E-state index in [0.29, 0.717) is 21.8 Å². The minimum Gasteiger partial charge on any atom is -0.299 e. The summed E-state index contributed by atoms with van der Waals surface area (Å²) in [7, 11) is -3.67. The Balaban J connectivity index is 2.09. The number of aromatic nitrogens is 2. The predicted molar refractivity (Wildman–Crippen MR) is 112 cm³/mol.